The predicted octanol–water partition coefficient (Wildman–Crippen LogP) is 6.47. The first-order valence-corrected chi connectivity index (χ1v) is 13.3. The number of unbranched alkanes of at least 4 members (excludes halogenated alkanes) is 1. The Bertz CT molecular complexity index is 706. The fourth-order valence-electron chi connectivity index (χ4n) is 5.49. The summed E-state index contributed by atoms with van der Waals surface area (Å²) in [5.41, 5.74) is 1.04. The van der Waals surface area contributed by atoms with Gasteiger partial charge < -0.3 is 19.7 Å². The van der Waals surface area contributed by atoms with Crippen LogP contribution in [0.3, 0.4) is 0 Å². The van der Waals surface area contributed by atoms with Crippen LogP contribution in [0.25, 0.3) is 0 Å². The molecule has 1 aromatic carbocycles. The average Bonchev–Trinajstić information content (AvgIpc) is 3.30. The van der Waals surface area contributed by atoms with Crippen LogP contribution in [0.15, 0.2) is 18.2 Å². The second-order valence-electron chi connectivity index (χ2n) is 10.3. The van der Waals surface area contributed by atoms with E-state index in [0.717, 1.165) is 37.2 Å². The summed E-state index contributed by atoms with van der Waals surface area (Å²) < 4.78 is 11.5. The zero-order chi connectivity index (χ0) is 23.5. The third-order valence-electron chi connectivity index (χ3n) is 7.37. The number of aryl methyl sites for hydroxylation is 1. The van der Waals surface area contributed by atoms with E-state index in [1.54, 1.807) is 6.07 Å². The normalized spacial score (nSPS) is 19.3. The van der Waals surface area contributed by atoms with E-state index in [2.05, 4.69) is 0 Å². The van der Waals surface area contributed by atoms with E-state index in [-0.39, 0.29) is 23.9 Å². The van der Waals surface area contributed by atoms with Gasteiger partial charge >= 0.3 is 5.97 Å². The van der Waals surface area contributed by atoms with E-state index >= 15 is 0 Å². The maximum absolute atomic E-state index is 11.6. The second kappa shape index (κ2) is 13.8. The third kappa shape index (κ3) is 9.56. The largest absolute Gasteiger partial charge is 0.504 e. The number of aliphatic hydroxyl groups excluding tert-OH is 1. The van der Waals surface area contributed by atoms with Gasteiger partial charge in [0.1, 0.15) is 6.10 Å². The van der Waals surface area contributed by atoms with Crippen molar-refractivity contribution in [1.29, 1.82) is 0 Å². The lowest BCUT2D eigenvalue weighted by molar-refractivity contribution is -0.148. The van der Waals surface area contributed by atoms with Crippen molar-refractivity contribution in [2.45, 2.75) is 128 Å². The van der Waals surface area contributed by atoms with Gasteiger partial charge in [0, 0.05) is 13.3 Å². The van der Waals surface area contributed by atoms with Crippen molar-refractivity contribution in [2.75, 3.05) is 0 Å². The third-order valence-corrected chi connectivity index (χ3v) is 7.37. The molecule has 2 saturated carbocycles. The number of phenols is 1. The van der Waals surface area contributed by atoms with Gasteiger partial charge in [-0.15, -0.1) is 0 Å². The summed E-state index contributed by atoms with van der Waals surface area (Å²) >= 11 is 0. The molecule has 2 N–H and O–H groups in total. The highest BCUT2D eigenvalue weighted by atomic mass is 16.5. The molecule has 2 atom stereocenters. The molecule has 0 saturated heterocycles. The minimum Gasteiger partial charge on any atom is -0.504 e. The molecule has 0 amide bonds. The van der Waals surface area contributed by atoms with Crippen molar-refractivity contribution >= 4 is 5.97 Å². The predicted molar refractivity (Wildman–Crippen MR) is 131 cm³/mol. The number of rotatable bonds is 13. The number of phenolic OH excluding ortho intramolecular Hbond substituents is 1. The molecule has 0 spiro atoms. The first-order valence-electron chi connectivity index (χ1n) is 13.3. The summed E-state index contributed by atoms with van der Waals surface area (Å²) in [7, 11) is 0. The van der Waals surface area contributed by atoms with Gasteiger partial charge in [-0.1, -0.05) is 57.4 Å². The van der Waals surface area contributed by atoms with Gasteiger partial charge in [0.25, 0.3) is 0 Å². The maximum atomic E-state index is 11.6. The van der Waals surface area contributed by atoms with Gasteiger partial charge in [0.05, 0.1) is 12.2 Å². The topological polar surface area (TPSA) is 76.0 Å². The summed E-state index contributed by atoms with van der Waals surface area (Å²) in [6.45, 7) is 1.43. The highest BCUT2D eigenvalue weighted by molar-refractivity contribution is 5.66. The monoisotopic (exact) mass is 460 g/mol. The Hall–Kier alpha value is -1.75. The van der Waals surface area contributed by atoms with Crippen molar-refractivity contribution in [2.24, 2.45) is 5.92 Å². The number of hydrogen-bond acceptors (Lipinski definition) is 5. The number of ether oxygens (including phenoxy) is 2. The van der Waals surface area contributed by atoms with E-state index in [9.17, 15) is 15.0 Å². The molecule has 0 unspecified atom stereocenters. The molecule has 1 aromatic rings. The van der Waals surface area contributed by atoms with Gasteiger partial charge in [0.2, 0.25) is 0 Å². The van der Waals surface area contributed by atoms with Crippen LogP contribution in [0, 0.1) is 5.92 Å². The summed E-state index contributed by atoms with van der Waals surface area (Å²) in [6, 6.07) is 5.48. The molecular formula is C28H44O5. The number of aromatic hydroxyl groups is 1. The smallest absolute Gasteiger partial charge is 0.302 e. The minimum absolute atomic E-state index is 0.172. The number of hydrogen-bond donors (Lipinski definition) is 2. The van der Waals surface area contributed by atoms with E-state index in [0.29, 0.717) is 25.0 Å². The average molecular weight is 461 g/mol. The lowest BCUT2D eigenvalue weighted by atomic mass is 9.85. The van der Waals surface area contributed by atoms with Crippen LogP contribution in [0.4, 0.5) is 0 Å². The van der Waals surface area contributed by atoms with Gasteiger partial charge in [-0.25, -0.2) is 0 Å². The van der Waals surface area contributed by atoms with Crippen LogP contribution < -0.4 is 4.74 Å². The highest BCUT2D eigenvalue weighted by Gasteiger charge is 2.20. The van der Waals surface area contributed by atoms with E-state index in [1.807, 2.05) is 12.1 Å². The Morgan fingerprint density at radius 1 is 1.03 bits per heavy atom. The molecule has 0 bridgehead atoms. The first kappa shape index (κ1) is 25.9. The second-order valence-corrected chi connectivity index (χ2v) is 10.3. The van der Waals surface area contributed by atoms with E-state index in [1.165, 1.54) is 64.7 Å². The molecule has 5 nitrogen and oxygen atoms in total. The Morgan fingerprint density at radius 2 is 1.76 bits per heavy atom. The van der Waals surface area contributed by atoms with Crippen LogP contribution in [0.1, 0.15) is 109 Å². The van der Waals surface area contributed by atoms with Crippen molar-refractivity contribution in [1.82, 2.24) is 0 Å². The molecule has 0 radical (unpaired) electrons. The number of esters is 1. The lowest BCUT2D eigenvalue weighted by Crippen LogP contribution is -2.23. The lowest BCUT2D eigenvalue weighted by Gasteiger charge is -2.22. The molecule has 2 aliphatic rings. The molecule has 5 heteroatoms. The van der Waals surface area contributed by atoms with Gasteiger partial charge in [-0.2, -0.15) is 0 Å². The SMILES string of the molecule is CC(=O)O[C@H](CCc1ccc(O)c(OC2CCCC2)c1)C[C@@H](O)CCCCC1CCCCC1. The molecule has 2 fully saturated rings. The number of carbonyl (C=O) groups excluding carboxylic acids is 1. The summed E-state index contributed by atoms with van der Waals surface area (Å²) in [5, 5.41) is 20.7. The van der Waals surface area contributed by atoms with E-state index < -0.39 is 6.10 Å². The van der Waals surface area contributed by atoms with Crippen molar-refractivity contribution < 1.29 is 24.5 Å². The standard InChI is InChI=1S/C28H44O5/c1-21(29)32-26(20-24(30)12-6-5-11-22-9-3-2-4-10-22)17-15-23-16-18-27(31)28(19-23)33-25-13-7-8-14-25/h16,18-19,22,24-26,30-31H,2-15,17,20H2,1H3/t24-,26+/m0/s1. The summed E-state index contributed by atoms with van der Waals surface area (Å²) in [5.74, 6) is 1.30. The fourth-order valence-corrected chi connectivity index (χ4v) is 5.49. The summed E-state index contributed by atoms with van der Waals surface area (Å²) in [4.78, 5) is 11.6. The van der Waals surface area contributed by atoms with Crippen molar-refractivity contribution in [3.63, 3.8) is 0 Å². The maximum Gasteiger partial charge on any atom is 0.302 e. The molecule has 33 heavy (non-hydrogen) atoms. The molecule has 0 aromatic heterocycles. The van der Waals surface area contributed by atoms with Gasteiger partial charge in [-0.05, 0) is 68.6 Å². The van der Waals surface area contributed by atoms with Crippen LogP contribution >= 0.6 is 0 Å². The quantitative estimate of drug-likeness (QED) is 0.261. The zero-order valence-electron chi connectivity index (χ0n) is 20.5. The fraction of sp³-hybridized carbons (Fsp3) is 0.750. The Kier molecular flexibility index (Phi) is 10.8. The van der Waals surface area contributed by atoms with E-state index in [4.69, 9.17) is 9.47 Å². The van der Waals surface area contributed by atoms with Crippen LogP contribution in [0.5, 0.6) is 11.5 Å². The molecule has 0 aliphatic heterocycles. The summed E-state index contributed by atoms with van der Waals surface area (Å²) in [6.07, 6.45) is 16.9. The first-order chi connectivity index (χ1) is 16.0. The molecule has 0 heterocycles. The molecule has 186 valence electrons. The number of aliphatic hydroxyl groups is 1. The highest BCUT2D eigenvalue weighted by Crippen LogP contribution is 2.32. The minimum atomic E-state index is -0.443. The zero-order valence-corrected chi connectivity index (χ0v) is 20.5. The van der Waals surface area contributed by atoms with Crippen molar-refractivity contribution in [3.05, 3.63) is 23.8 Å². The van der Waals surface area contributed by atoms with Crippen LogP contribution in [-0.4, -0.2) is 34.5 Å². The van der Waals surface area contributed by atoms with Crippen molar-refractivity contribution in [3.8, 4) is 11.5 Å². The van der Waals surface area contributed by atoms with Crippen LogP contribution in [-0.2, 0) is 16.0 Å². The Labute approximate surface area is 199 Å². The van der Waals surface area contributed by atoms with Crippen LogP contribution in [0.2, 0.25) is 0 Å². The van der Waals surface area contributed by atoms with Gasteiger partial charge in [-0.3, -0.25) is 4.79 Å². The Balaban J connectivity index is 1.43. The molecule has 3 rings (SSSR count). The molecule has 2 aliphatic carbocycles. The van der Waals surface area contributed by atoms with Gasteiger partial charge in [0.15, 0.2) is 11.5 Å². The number of carbonyl (C=O) groups is 1. The Morgan fingerprint density at radius 3 is 2.48 bits per heavy atom. The number of benzene rings is 1. The molecular weight excluding hydrogens is 416 g/mol.